The molecule has 1 atom stereocenters. The second-order valence-corrected chi connectivity index (χ2v) is 17.9. The molecule has 0 saturated carbocycles. The molecular weight excluding hydrogens is 693 g/mol. The minimum Gasteiger partial charge on any atom is -0.364 e. The van der Waals surface area contributed by atoms with E-state index < -0.39 is 26.2 Å². The highest BCUT2D eigenvalue weighted by Gasteiger charge is 2.43. The van der Waals surface area contributed by atoms with Gasteiger partial charge in [-0.05, 0) is 122 Å². The van der Waals surface area contributed by atoms with E-state index in [0.29, 0.717) is 36.9 Å². The monoisotopic (exact) mass is 742 g/mol. The van der Waals surface area contributed by atoms with Crippen molar-refractivity contribution in [2.75, 3.05) is 34.4 Å². The van der Waals surface area contributed by atoms with Crippen LogP contribution >= 0.6 is 0 Å². The highest BCUT2D eigenvalue weighted by molar-refractivity contribution is 7.85. The number of fused-ring (bicyclic) bond motifs is 2. The van der Waals surface area contributed by atoms with Gasteiger partial charge in [0.25, 0.3) is 10.1 Å². The molecule has 52 heavy (non-hydrogen) atoms. The molecule has 1 unspecified atom stereocenters. The molecule has 0 bridgehead atoms. The fourth-order valence-corrected chi connectivity index (χ4v) is 9.14. The average molecular weight is 743 g/mol. The molecule has 3 aliphatic rings. The lowest BCUT2D eigenvalue weighted by atomic mass is 9.79. The zero-order valence-corrected chi connectivity index (χ0v) is 32.6. The van der Waals surface area contributed by atoms with Gasteiger partial charge in [0.1, 0.15) is 10.7 Å². The third-order valence-electron chi connectivity index (χ3n) is 11.0. The van der Waals surface area contributed by atoms with E-state index in [1.807, 2.05) is 36.4 Å². The molecule has 2 aromatic carbocycles. The molecule has 2 aliphatic heterocycles. The van der Waals surface area contributed by atoms with Crippen molar-refractivity contribution in [1.29, 1.82) is 10.5 Å². The van der Waals surface area contributed by atoms with Crippen LogP contribution in [0.15, 0.2) is 83.1 Å². The molecule has 0 radical (unpaired) electrons. The minimum absolute atomic E-state index is 0.0275. The van der Waals surface area contributed by atoms with E-state index in [-0.39, 0.29) is 23.0 Å². The quantitative estimate of drug-likeness (QED) is 0.120. The van der Waals surface area contributed by atoms with E-state index in [9.17, 15) is 31.9 Å². The maximum absolute atomic E-state index is 11.4. The number of nitriles is 2. The van der Waals surface area contributed by atoms with Gasteiger partial charge in [-0.15, -0.1) is 0 Å². The van der Waals surface area contributed by atoms with E-state index in [4.69, 9.17) is 0 Å². The molecular formula is C41H50N4O5S2. The van der Waals surface area contributed by atoms with Crippen molar-refractivity contribution in [1.82, 2.24) is 0 Å². The highest BCUT2D eigenvalue weighted by Crippen LogP contribution is 2.49. The number of benzene rings is 2. The predicted octanol–water partition coefficient (Wildman–Crippen LogP) is 7.62. The number of unbranched alkanes of at least 4 members (excludes halogenated alkanes) is 2. The van der Waals surface area contributed by atoms with Gasteiger partial charge in [-0.2, -0.15) is 18.9 Å². The summed E-state index contributed by atoms with van der Waals surface area (Å²) in [6.07, 6.45) is 14.1. The summed E-state index contributed by atoms with van der Waals surface area (Å²) < 4.78 is 54.4. The van der Waals surface area contributed by atoms with Gasteiger partial charge in [0.05, 0.1) is 35.1 Å². The minimum atomic E-state index is -4.03. The van der Waals surface area contributed by atoms with Crippen LogP contribution in [0.4, 0.5) is 11.4 Å². The van der Waals surface area contributed by atoms with Gasteiger partial charge in [0.2, 0.25) is 0 Å². The van der Waals surface area contributed by atoms with Crippen LogP contribution in [0, 0.1) is 22.7 Å². The number of allylic oxidation sites excluding steroid dienone is 7. The van der Waals surface area contributed by atoms with E-state index in [1.54, 1.807) is 0 Å². The summed E-state index contributed by atoms with van der Waals surface area (Å²) in [6.45, 7) is 12.2. The van der Waals surface area contributed by atoms with Gasteiger partial charge in [-0.3, -0.25) is 4.55 Å². The van der Waals surface area contributed by atoms with Crippen molar-refractivity contribution in [2.24, 2.45) is 0 Å². The van der Waals surface area contributed by atoms with Gasteiger partial charge < -0.3 is 9.80 Å². The molecule has 0 aromatic heterocycles. The number of rotatable bonds is 13. The van der Waals surface area contributed by atoms with Crippen molar-refractivity contribution < 1.29 is 21.4 Å². The molecule has 1 N–H and O–H groups in total. The van der Waals surface area contributed by atoms with Crippen LogP contribution in [0.1, 0.15) is 102 Å². The Bertz CT molecular complexity index is 2100. The molecule has 2 aromatic rings. The Hall–Kier alpha value is -4.16. The number of anilines is 2. The van der Waals surface area contributed by atoms with Gasteiger partial charge >= 0.3 is 0 Å². The van der Waals surface area contributed by atoms with Crippen LogP contribution in [-0.2, 0) is 31.7 Å². The van der Waals surface area contributed by atoms with Crippen molar-refractivity contribution in [3.05, 3.63) is 105 Å². The molecule has 1 aliphatic carbocycles. The van der Waals surface area contributed by atoms with E-state index in [2.05, 4.69) is 80.9 Å². The summed E-state index contributed by atoms with van der Waals surface area (Å²) in [5.41, 5.74) is 9.70. The van der Waals surface area contributed by atoms with Gasteiger partial charge in [-0.1, -0.05) is 45.9 Å². The van der Waals surface area contributed by atoms with Crippen LogP contribution in [0.25, 0.3) is 0 Å². The standard InChI is InChI=1S/C41H50N4O5S2/c1-29-32(15-19-38-40(2,3)34-25-30(27-42)13-17-36(34)44(38)21-6-8-23-51(46)47)11-10-12-33(29)16-20-39-41(4,5)35-26-31(28-43)14-18-37(35)45(39)22-7-9-24-52(48,49)50/h13-20,25-26,38,51H,6-12,21-24H2,1-5H3,(H,48,49,50)/b19-15+,33-16+,39-20+. The van der Waals surface area contributed by atoms with Crippen molar-refractivity contribution in [3.63, 3.8) is 0 Å². The number of hydrogen-bond donors (Lipinski definition) is 2. The summed E-state index contributed by atoms with van der Waals surface area (Å²) in [6, 6.07) is 16.2. The Kier molecular flexibility index (Phi) is 11.9. The van der Waals surface area contributed by atoms with Crippen LogP contribution in [0.2, 0.25) is 0 Å². The third kappa shape index (κ3) is 8.39. The molecule has 0 spiro atoms. The van der Waals surface area contributed by atoms with Gasteiger partial charge in [0, 0.05) is 46.7 Å². The first kappa shape index (κ1) is 39.1. The third-order valence-corrected chi connectivity index (χ3v) is 12.5. The van der Waals surface area contributed by atoms with E-state index in [0.717, 1.165) is 60.4 Å². The summed E-state index contributed by atoms with van der Waals surface area (Å²) in [4.78, 5) is 4.59. The number of nitrogens with zero attached hydrogens (tertiary/aromatic N) is 4. The maximum Gasteiger partial charge on any atom is 0.264 e. The van der Waals surface area contributed by atoms with Crippen molar-refractivity contribution in [3.8, 4) is 12.1 Å². The second-order valence-electron chi connectivity index (χ2n) is 15.2. The van der Waals surface area contributed by atoms with Crippen LogP contribution < -0.4 is 9.80 Å². The first-order valence-corrected chi connectivity index (χ1v) is 21.1. The molecule has 0 amide bonds. The van der Waals surface area contributed by atoms with Gasteiger partial charge in [0.15, 0.2) is 0 Å². The molecule has 2 heterocycles. The predicted molar refractivity (Wildman–Crippen MR) is 209 cm³/mol. The van der Waals surface area contributed by atoms with Crippen LogP contribution in [-0.4, -0.2) is 52.0 Å². The van der Waals surface area contributed by atoms with E-state index in [1.165, 1.54) is 16.7 Å². The lowest BCUT2D eigenvalue weighted by Crippen LogP contribution is -2.40. The molecule has 9 nitrogen and oxygen atoms in total. The number of hydrogen-bond acceptors (Lipinski definition) is 8. The van der Waals surface area contributed by atoms with Gasteiger partial charge in [-0.25, -0.2) is 8.42 Å². The molecule has 276 valence electrons. The van der Waals surface area contributed by atoms with Crippen molar-refractivity contribution in [2.45, 2.75) is 96.4 Å². The Balaban J connectivity index is 1.45. The zero-order chi connectivity index (χ0) is 37.8. The average Bonchev–Trinajstić information content (AvgIpc) is 3.44. The Morgan fingerprint density at radius 2 is 1.56 bits per heavy atom. The largest absolute Gasteiger partial charge is 0.364 e. The summed E-state index contributed by atoms with van der Waals surface area (Å²) in [5, 5.41) is 19.3. The lowest BCUT2D eigenvalue weighted by molar-refractivity contribution is 0.471. The second kappa shape index (κ2) is 15.8. The first-order chi connectivity index (χ1) is 24.6. The van der Waals surface area contributed by atoms with Crippen LogP contribution in [0.3, 0.4) is 0 Å². The molecule has 11 heteroatoms. The fourth-order valence-electron chi connectivity index (χ4n) is 8.09. The first-order valence-electron chi connectivity index (χ1n) is 18.1. The Morgan fingerprint density at radius 3 is 2.21 bits per heavy atom. The van der Waals surface area contributed by atoms with E-state index >= 15 is 0 Å². The van der Waals surface area contributed by atoms with Crippen molar-refractivity contribution >= 4 is 32.2 Å². The fraction of sp³-hybridized carbons (Fsp3) is 0.463. The number of thiol groups is 1. The Morgan fingerprint density at radius 1 is 0.904 bits per heavy atom. The smallest absolute Gasteiger partial charge is 0.264 e. The summed E-state index contributed by atoms with van der Waals surface area (Å²) in [7, 11) is -6.43. The van der Waals surface area contributed by atoms with Crippen LogP contribution in [0.5, 0.6) is 0 Å². The SMILES string of the molecule is CC1=C(/C=C/C2N(CCCC[SH](=O)=O)c3ccc(C#N)cc3C2(C)C)CCC/C1=C\C=C1\N(CCCCS(=O)(=O)O)c2ccc(C#N)cc2C1(C)C. The molecule has 0 fully saturated rings. The summed E-state index contributed by atoms with van der Waals surface area (Å²) >= 11 is 0. The zero-order valence-electron chi connectivity index (χ0n) is 30.9. The summed E-state index contributed by atoms with van der Waals surface area (Å²) in [5.74, 6) is -0.0960. The normalized spacial score (nSPS) is 20.9. The highest BCUT2D eigenvalue weighted by atomic mass is 32.2. The lowest BCUT2D eigenvalue weighted by Gasteiger charge is -2.33. The Labute approximate surface area is 311 Å². The molecule has 5 rings (SSSR count). The topological polar surface area (TPSA) is 143 Å². The maximum atomic E-state index is 11.4. The molecule has 0 saturated heterocycles.